The number of nitriles is 1. The van der Waals surface area contributed by atoms with E-state index in [4.69, 9.17) is 9.47 Å². The Morgan fingerprint density at radius 1 is 1.11 bits per heavy atom. The lowest BCUT2D eigenvalue weighted by Gasteiger charge is -2.38. The Labute approximate surface area is 208 Å². The van der Waals surface area contributed by atoms with Crippen molar-refractivity contribution in [3.63, 3.8) is 0 Å². The van der Waals surface area contributed by atoms with Crippen molar-refractivity contribution in [1.82, 2.24) is 0 Å². The van der Waals surface area contributed by atoms with Crippen LogP contribution in [0.25, 0.3) is 0 Å². The molecule has 0 unspecified atom stereocenters. The molecule has 0 spiro atoms. The summed E-state index contributed by atoms with van der Waals surface area (Å²) in [6, 6.07) is 12.4. The predicted octanol–water partition coefficient (Wildman–Crippen LogP) is 5.08. The lowest BCUT2D eigenvalue weighted by Crippen LogP contribution is -2.45. The van der Waals surface area contributed by atoms with Crippen molar-refractivity contribution in [2.75, 3.05) is 10.8 Å². The molecule has 0 amide bonds. The third-order valence-electron chi connectivity index (χ3n) is 5.82. The average molecular weight is 499 g/mol. The van der Waals surface area contributed by atoms with Crippen molar-refractivity contribution in [3.05, 3.63) is 53.1 Å². The second-order valence-corrected chi connectivity index (χ2v) is 12.6. The van der Waals surface area contributed by atoms with Crippen molar-refractivity contribution in [3.8, 4) is 11.8 Å². The van der Waals surface area contributed by atoms with Crippen LogP contribution in [0.15, 0.2) is 41.3 Å². The number of hydrogen-bond acceptors (Lipinski definition) is 6. The van der Waals surface area contributed by atoms with E-state index in [1.807, 2.05) is 6.92 Å². The fourth-order valence-corrected chi connectivity index (χ4v) is 5.68. The second kappa shape index (κ2) is 9.54. The van der Waals surface area contributed by atoms with Gasteiger partial charge in [-0.05, 0) is 77.8 Å². The number of anilines is 1. The molecular weight excluding hydrogens is 464 g/mol. The van der Waals surface area contributed by atoms with Crippen molar-refractivity contribution in [2.45, 2.75) is 77.9 Å². The van der Waals surface area contributed by atoms with E-state index in [-0.39, 0.29) is 23.8 Å². The number of carbonyl (C=O) groups excluding carboxylic acids is 1. The number of rotatable bonds is 6. The first-order valence-corrected chi connectivity index (χ1v) is 13.1. The summed E-state index contributed by atoms with van der Waals surface area (Å²) in [7, 11) is -3.93. The number of ether oxygens (including phenoxy) is 2. The Hall–Kier alpha value is -3.05. The molecule has 1 heterocycles. The summed E-state index contributed by atoms with van der Waals surface area (Å²) < 4.78 is 40.7. The Morgan fingerprint density at radius 3 is 2.31 bits per heavy atom. The minimum absolute atomic E-state index is 0.0136. The first-order valence-electron chi connectivity index (χ1n) is 11.6. The van der Waals surface area contributed by atoms with Crippen LogP contribution in [0.5, 0.6) is 5.75 Å². The minimum Gasteiger partial charge on any atom is -0.486 e. The first kappa shape index (κ1) is 26.6. The summed E-state index contributed by atoms with van der Waals surface area (Å²) in [5, 5.41) is 9.51. The topological polar surface area (TPSA) is 96.7 Å². The Kier molecular flexibility index (Phi) is 7.24. The molecule has 0 radical (unpaired) electrons. The highest BCUT2D eigenvalue weighted by molar-refractivity contribution is 7.92. The molecule has 7 nitrogen and oxygen atoms in total. The van der Waals surface area contributed by atoms with Crippen LogP contribution in [0.2, 0.25) is 0 Å². The van der Waals surface area contributed by atoms with Crippen LogP contribution in [-0.4, -0.2) is 32.6 Å². The summed E-state index contributed by atoms with van der Waals surface area (Å²) in [5.41, 5.74) is 1.37. The van der Waals surface area contributed by atoms with Gasteiger partial charge < -0.3 is 9.47 Å². The fourth-order valence-electron chi connectivity index (χ4n) is 4.12. The molecule has 0 N–H and O–H groups in total. The van der Waals surface area contributed by atoms with Gasteiger partial charge in [-0.3, -0.25) is 9.10 Å². The van der Waals surface area contributed by atoms with Gasteiger partial charge in [0.05, 0.1) is 35.0 Å². The zero-order valence-corrected chi connectivity index (χ0v) is 22.3. The number of fused-ring (bicyclic) bond motifs is 1. The summed E-state index contributed by atoms with van der Waals surface area (Å²) in [6.07, 6.45) is -0.130. The standard InChI is InChI=1S/C27H34N2O5S/c1-18-8-11-22(12-9-18)35(31,32)29-16-21(15-27(6,7)17-28)33-23-13-10-20(19(2)25(23)29)14-24(30)34-26(3,4)5/h8-13,21H,14-16H2,1-7H3/t21-/m1/s1. The molecule has 2 aromatic carbocycles. The first-order chi connectivity index (χ1) is 16.1. The van der Waals surface area contributed by atoms with Gasteiger partial charge in [0.15, 0.2) is 0 Å². The molecule has 35 heavy (non-hydrogen) atoms. The molecule has 1 atom stereocenters. The van der Waals surface area contributed by atoms with Gasteiger partial charge in [-0.15, -0.1) is 0 Å². The molecule has 0 aliphatic carbocycles. The average Bonchev–Trinajstić information content (AvgIpc) is 2.74. The van der Waals surface area contributed by atoms with E-state index < -0.39 is 27.1 Å². The molecule has 188 valence electrons. The number of esters is 1. The molecule has 1 aliphatic rings. The van der Waals surface area contributed by atoms with Crippen molar-refractivity contribution in [2.24, 2.45) is 5.41 Å². The van der Waals surface area contributed by atoms with Crippen LogP contribution in [0.4, 0.5) is 5.69 Å². The minimum atomic E-state index is -3.93. The molecule has 0 fully saturated rings. The predicted molar refractivity (Wildman–Crippen MR) is 135 cm³/mol. The molecule has 1 aliphatic heterocycles. The maximum absolute atomic E-state index is 13.8. The van der Waals surface area contributed by atoms with Crippen LogP contribution in [-0.2, 0) is 26.0 Å². The fraction of sp³-hybridized carbons (Fsp3) is 0.481. The number of nitrogens with zero attached hydrogens (tertiary/aromatic N) is 2. The Morgan fingerprint density at radius 2 is 1.74 bits per heavy atom. The van der Waals surface area contributed by atoms with Crippen molar-refractivity contribution >= 4 is 21.7 Å². The van der Waals surface area contributed by atoms with Crippen LogP contribution < -0.4 is 9.04 Å². The largest absolute Gasteiger partial charge is 0.486 e. The maximum Gasteiger partial charge on any atom is 0.310 e. The number of sulfonamides is 1. The van der Waals surface area contributed by atoms with Crippen LogP contribution in [0.1, 0.15) is 57.7 Å². The lowest BCUT2D eigenvalue weighted by molar-refractivity contribution is -0.153. The van der Waals surface area contributed by atoms with E-state index in [0.29, 0.717) is 29.0 Å². The van der Waals surface area contributed by atoms with E-state index in [1.54, 1.807) is 77.9 Å². The highest BCUT2D eigenvalue weighted by Crippen LogP contribution is 2.42. The van der Waals surface area contributed by atoms with E-state index in [0.717, 1.165) is 5.56 Å². The quantitative estimate of drug-likeness (QED) is 0.515. The highest BCUT2D eigenvalue weighted by atomic mass is 32.2. The maximum atomic E-state index is 13.8. The van der Waals surface area contributed by atoms with E-state index in [2.05, 4.69) is 6.07 Å². The summed E-state index contributed by atoms with van der Waals surface area (Å²) >= 11 is 0. The summed E-state index contributed by atoms with van der Waals surface area (Å²) in [6.45, 7) is 12.8. The molecule has 0 aromatic heterocycles. The number of hydrogen-bond donors (Lipinski definition) is 0. The number of aryl methyl sites for hydroxylation is 1. The molecule has 3 rings (SSSR count). The van der Waals surface area contributed by atoms with Gasteiger partial charge in [-0.1, -0.05) is 23.8 Å². The number of benzene rings is 2. The molecule has 0 bridgehead atoms. The summed E-state index contributed by atoms with van der Waals surface area (Å²) in [4.78, 5) is 12.7. The van der Waals surface area contributed by atoms with Gasteiger partial charge in [0, 0.05) is 6.42 Å². The SMILES string of the molecule is Cc1ccc(S(=O)(=O)N2C[C@@H](CC(C)(C)C#N)Oc3ccc(CC(=O)OC(C)(C)C)c(C)c32)cc1. The Bertz CT molecular complexity index is 1250. The van der Waals surface area contributed by atoms with E-state index in [9.17, 15) is 18.5 Å². The van der Waals surface area contributed by atoms with Gasteiger partial charge in [0.25, 0.3) is 10.0 Å². The van der Waals surface area contributed by atoms with Gasteiger partial charge in [-0.25, -0.2) is 8.42 Å². The van der Waals surface area contributed by atoms with Crippen LogP contribution in [0.3, 0.4) is 0 Å². The molecular formula is C27H34N2O5S. The normalized spacial score (nSPS) is 16.2. The molecule has 2 aromatic rings. The van der Waals surface area contributed by atoms with Crippen molar-refractivity contribution in [1.29, 1.82) is 5.26 Å². The highest BCUT2D eigenvalue weighted by Gasteiger charge is 2.38. The van der Waals surface area contributed by atoms with E-state index >= 15 is 0 Å². The third kappa shape index (κ3) is 6.15. The van der Waals surface area contributed by atoms with Gasteiger partial charge in [0.2, 0.25) is 0 Å². The number of carbonyl (C=O) groups is 1. The van der Waals surface area contributed by atoms with Crippen LogP contribution >= 0.6 is 0 Å². The van der Waals surface area contributed by atoms with Crippen molar-refractivity contribution < 1.29 is 22.7 Å². The molecule has 0 saturated heterocycles. The van der Waals surface area contributed by atoms with Crippen LogP contribution in [0, 0.1) is 30.6 Å². The molecule has 8 heteroatoms. The second-order valence-electron chi connectivity index (χ2n) is 10.7. The molecule has 0 saturated carbocycles. The van der Waals surface area contributed by atoms with Gasteiger partial charge in [0.1, 0.15) is 17.5 Å². The monoisotopic (exact) mass is 498 g/mol. The zero-order valence-electron chi connectivity index (χ0n) is 21.5. The lowest BCUT2D eigenvalue weighted by atomic mass is 9.88. The summed E-state index contributed by atoms with van der Waals surface area (Å²) in [5.74, 6) is 0.0231. The van der Waals surface area contributed by atoms with E-state index in [1.165, 1.54) is 4.31 Å². The smallest absolute Gasteiger partial charge is 0.310 e. The van der Waals surface area contributed by atoms with Gasteiger partial charge in [-0.2, -0.15) is 5.26 Å². The van der Waals surface area contributed by atoms with Gasteiger partial charge >= 0.3 is 5.97 Å². The third-order valence-corrected chi connectivity index (χ3v) is 7.60. The zero-order chi connectivity index (χ0) is 26.2. The Balaban J connectivity index is 2.08.